The molecule has 126 valence electrons. The van der Waals surface area contributed by atoms with Gasteiger partial charge in [-0.25, -0.2) is 0 Å². The van der Waals surface area contributed by atoms with Crippen molar-refractivity contribution in [2.75, 3.05) is 13.1 Å². The van der Waals surface area contributed by atoms with Gasteiger partial charge in [0.05, 0.1) is 5.92 Å². The van der Waals surface area contributed by atoms with Crippen LogP contribution in [0.2, 0.25) is 0 Å². The van der Waals surface area contributed by atoms with E-state index in [-0.39, 0.29) is 11.8 Å². The minimum Gasteiger partial charge on any atom is -0.342 e. The minimum atomic E-state index is 0.180. The molecular weight excluding hydrogens is 302 g/mol. The molecular formula is C19H23N3O2. The number of nitrogens with zero attached hydrogens (tertiary/aromatic N) is 3. The van der Waals surface area contributed by atoms with Gasteiger partial charge in [-0.1, -0.05) is 29.4 Å². The summed E-state index contributed by atoms with van der Waals surface area (Å²) in [6, 6.07) is 8.26. The van der Waals surface area contributed by atoms with E-state index in [1.165, 1.54) is 11.1 Å². The molecule has 0 N–H and O–H groups in total. The van der Waals surface area contributed by atoms with Crippen LogP contribution < -0.4 is 0 Å². The minimum absolute atomic E-state index is 0.180. The van der Waals surface area contributed by atoms with Crippen molar-refractivity contribution in [1.29, 1.82) is 0 Å². The first kappa shape index (κ1) is 15.4. The molecule has 1 atom stereocenters. The van der Waals surface area contributed by atoms with Crippen molar-refractivity contribution in [2.45, 2.75) is 44.9 Å². The molecule has 1 amide bonds. The Morgan fingerprint density at radius 2 is 2.12 bits per heavy atom. The Hall–Kier alpha value is -2.17. The van der Waals surface area contributed by atoms with Crippen LogP contribution in [0.1, 0.15) is 54.4 Å². The lowest BCUT2D eigenvalue weighted by atomic mass is 9.97. The summed E-state index contributed by atoms with van der Waals surface area (Å²) in [6.45, 7) is 3.69. The number of piperidine rings is 1. The standard InChI is InChI=1S/C19H23N3O2/c1-13-5-2-3-6-15(13)11-17-20-18(24-21-17)16-7-4-10-22(12-16)19(23)14-8-9-14/h2-3,5-6,14,16H,4,7-12H2,1H3/t16-/m1/s1. The fourth-order valence-electron chi connectivity index (χ4n) is 3.45. The van der Waals surface area contributed by atoms with Gasteiger partial charge in [0.1, 0.15) is 0 Å². The molecule has 24 heavy (non-hydrogen) atoms. The van der Waals surface area contributed by atoms with E-state index < -0.39 is 0 Å². The van der Waals surface area contributed by atoms with Crippen molar-refractivity contribution in [3.8, 4) is 0 Å². The molecule has 1 saturated carbocycles. The zero-order chi connectivity index (χ0) is 16.5. The fraction of sp³-hybridized carbons (Fsp3) is 0.526. The van der Waals surface area contributed by atoms with Crippen molar-refractivity contribution in [1.82, 2.24) is 15.0 Å². The molecule has 5 nitrogen and oxygen atoms in total. The molecule has 2 aliphatic rings. The van der Waals surface area contributed by atoms with Crippen molar-refractivity contribution < 1.29 is 9.32 Å². The molecule has 2 fully saturated rings. The van der Waals surface area contributed by atoms with E-state index in [2.05, 4.69) is 29.2 Å². The van der Waals surface area contributed by atoms with Crippen LogP contribution in [0.25, 0.3) is 0 Å². The summed E-state index contributed by atoms with van der Waals surface area (Å²) in [6.07, 6.45) is 4.83. The summed E-state index contributed by atoms with van der Waals surface area (Å²) in [5.41, 5.74) is 2.46. The number of carbonyl (C=O) groups is 1. The third kappa shape index (κ3) is 3.21. The second-order valence-electron chi connectivity index (χ2n) is 7.05. The summed E-state index contributed by atoms with van der Waals surface area (Å²) < 4.78 is 5.52. The maximum Gasteiger partial charge on any atom is 0.231 e. The van der Waals surface area contributed by atoms with E-state index in [4.69, 9.17) is 4.52 Å². The summed E-state index contributed by atoms with van der Waals surface area (Å²) in [7, 11) is 0. The average molecular weight is 325 g/mol. The third-order valence-electron chi connectivity index (χ3n) is 5.10. The average Bonchev–Trinajstić information content (AvgIpc) is 3.35. The molecule has 1 aliphatic carbocycles. The maximum absolute atomic E-state index is 12.3. The van der Waals surface area contributed by atoms with Gasteiger partial charge in [-0.3, -0.25) is 4.79 Å². The van der Waals surface area contributed by atoms with Crippen LogP contribution in [-0.4, -0.2) is 34.0 Å². The summed E-state index contributed by atoms with van der Waals surface area (Å²) in [5, 5.41) is 4.16. The number of carbonyl (C=O) groups excluding carboxylic acids is 1. The van der Waals surface area contributed by atoms with Gasteiger partial charge in [0.15, 0.2) is 5.82 Å². The first-order chi connectivity index (χ1) is 11.7. The van der Waals surface area contributed by atoms with Gasteiger partial charge in [0.2, 0.25) is 11.8 Å². The first-order valence-electron chi connectivity index (χ1n) is 8.86. The lowest BCUT2D eigenvalue weighted by Crippen LogP contribution is -2.40. The summed E-state index contributed by atoms with van der Waals surface area (Å²) >= 11 is 0. The van der Waals surface area contributed by atoms with E-state index in [1.807, 2.05) is 17.0 Å². The van der Waals surface area contributed by atoms with E-state index in [0.29, 0.717) is 18.2 Å². The van der Waals surface area contributed by atoms with Gasteiger partial charge in [0, 0.05) is 25.4 Å². The zero-order valence-corrected chi connectivity index (χ0v) is 14.1. The SMILES string of the molecule is Cc1ccccc1Cc1noc([C@@H]2CCCN(C(=O)C3CC3)C2)n1. The molecule has 1 saturated heterocycles. The van der Waals surface area contributed by atoms with E-state index in [0.717, 1.165) is 44.6 Å². The molecule has 0 unspecified atom stereocenters. The number of aromatic nitrogens is 2. The van der Waals surface area contributed by atoms with Gasteiger partial charge in [0.25, 0.3) is 0 Å². The normalized spacial score (nSPS) is 21.0. The largest absolute Gasteiger partial charge is 0.342 e. The van der Waals surface area contributed by atoms with E-state index in [9.17, 15) is 4.79 Å². The first-order valence-corrected chi connectivity index (χ1v) is 8.86. The number of aryl methyl sites for hydroxylation is 1. The van der Waals surface area contributed by atoms with Gasteiger partial charge in [-0.15, -0.1) is 0 Å². The zero-order valence-electron chi connectivity index (χ0n) is 14.1. The van der Waals surface area contributed by atoms with Crippen molar-refractivity contribution >= 4 is 5.91 Å². The highest BCUT2D eigenvalue weighted by atomic mass is 16.5. The van der Waals surface area contributed by atoms with Gasteiger partial charge in [-0.2, -0.15) is 4.98 Å². The van der Waals surface area contributed by atoms with Crippen LogP contribution in [0.15, 0.2) is 28.8 Å². The lowest BCUT2D eigenvalue weighted by Gasteiger charge is -2.31. The fourth-order valence-corrected chi connectivity index (χ4v) is 3.45. The molecule has 2 heterocycles. The summed E-state index contributed by atoms with van der Waals surface area (Å²) in [4.78, 5) is 18.9. The quantitative estimate of drug-likeness (QED) is 0.867. The Bertz CT molecular complexity index is 736. The lowest BCUT2D eigenvalue weighted by molar-refractivity contribution is -0.133. The van der Waals surface area contributed by atoms with Crippen molar-refractivity contribution in [3.05, 3.63) is 47.1 Å². The molecule has 1 aliphatic heterocycles. The van der Waals surface area contributed by atoms with Crippen LogP contribution in [0.5, 0.6) is 0 Å². The van der Waals surface area contributed by atoms with E-state index in [1.54, 1.807) is 0 Å². The second kappa shape index (κ2) is 6.38. The monoisotopic (exact) mass is 325 g/mol. The van der Waals surface area contributed by atoms with Crippen LogP contribution in [-0.2, 0) is 11.2 Å². The molecule has 1 aromatic heterocycles. The number of rotatable bonds is 4. The highest BCUT2D eigenvalue weighted by Gasteiger charge is 2.36. The summed E-state index contributed by atoms with van der Waals surface area (Å²) in [5.74, 6) is 2.19. The second-order valence-corrected chi connectivity index (χ2v) is 7.05. The molecule has 0 spiro atoms. The Kier molecular flexibility index (Phi) is 4.08. The number of hydrogen-bond donors (Lipinski definition) is 0. The Morgan fingerprint density at radius 1 is 1.29 bits per heavy atom. The molecule has 2 aromatic rings. The third-order valence-corrected chi connectivity index (χ3v) is 5.10. The smallest absolute Gasteiger partial charge is 0.231 e. The van der Waals surface area contributed by atoms with Crippen molar-refractivity contribution in [3.63, 3.8) is 0 Å². The Morgan fingerprint density at radius 3 is 2.92 bits per heavy atom. The van der Waals surface area contributed by atoms with Gasteiger partial charge >= 0.3 is 0 Å². The number of benzene rings is 1. The molecule has 1 aromatic carbocycles. The Labute approximate surface area is 142 Å². The highest BCUT2D eigenvalue weighted by molar-refractivity contribution is 5.81. The van der Waals surface area contributed by atoms with Crippen molar-refractivity contribution in [2.24, 2.45) is 5.92 Å². The van der Waals surface area contributed by atoms with Crippen LogP contribution in [0.3, 0.4) is 0 Å². The van der Waals surface area contributed by atoms with Gasteiger partial charge in [-0.05, 0) is 43.7 Å². The molecule has 4 rings (SSSR count). The number of hydrogen-bond acceptors (Lipinski definition) is 4. The van der Waals surface area contributed by atoms with Crippen LogP contribution in [0.4, 0.5) is 0 Å². The highest BCUT2D eigenvalue weighted by Crippen LogP contribution is 2.34. The molecule has 0 radical (unpaired) electrons. The molecule has 0 bridgehead atoms. The number of likely N-dealkylation sites (tertiary alicyclic amines) is 1. The van der Waals surface area contributed by atoms with E-state index >= 15 is 0 Å². The molecule has 5 heteroatoms. The van der Waals surface area contributed by atoms with Crippen LogP contribution >= 0.6 is 0 Å². The van der Waals surface area contributed by atoms with Gasteiger partial charge < -0.3 is 9.42 Å². The maximum atomic E-state index is 12.3. The van der Waals surface area contributed by atoms with Crippen LogP contribution in [0, 0.1) is 12.8 Å². The predicted molar refractivity (Wildman–Crippen MR) is 89.6 cm³/mol. The predicted octanol–water partition coefficient (Wildman–Crippen LogP) is 3.08. The topological polar surface area (TPSA) is 59.2 Å². The Balaban J connectivity index is 1.44. The number of amides is 1.